The molecule has 0 aliphatic heterocycles. The standard InChI is InChI=1S/C16H18FNOS/c17-14-8-6-13(7-9-14)16(19)12-18-10-11-20-15-4-2-1-3-5-15/h1-9,16,18-19H,10-12H2. The number of aliphatic hydroxyl groups excluding tert-OH is 1. The van der Waals surface area contributed by atoms with E-state index in [4.69, 9.17) is 0 Å². The first-order valence-electron chi connectivity index (χ1n) is 6.58. The molecule has 0 heterocycles. The van der Waals surface area contributed by atoms with Crippen molar-refractivity contribution in [1.29, 1.82) is 0 Å². The Kier molecular flexibility index (Phi) is 6.05. The second kappa shape index (κ2) is 8.04. The van der Waals surface area contributed by atoms with Gasteiger partial charge in [-0.3, -0.25) is 0 Å². The zero-order chi connectivity index (χ0) is 14.2. The van der Waals surface area contributed by atoms with Gasteiger partial charge in [0.2, 0.25) is 0 Å². The highest BCUT2D eigenvalue weighted by Crippen LogP contribution is 2.16. The van der Waals surface area contributed by atoms with Gasteiger partial charge in [-0.15, -0.1) is 11.8 Å². The molecule has 1 unspecified atom stereocenters. The minimum absolute atomic E-state index is 0.284. The third kappa shape index (κ3) is 4.96. The average molecular weight is 291 g/mol. The third-order valence-corrected chi connectivity index (χ3v) is 3.90. The fourth-order valence-electron chi connectivity index (χ4n) is 1.80. The van der Waals surface area contributed by atoms with Gasteiger partial charge in [-0.1, -0.05) is 30.3 Å². The van der Waals surface area contributed by atoms with Crippen LogP contribution in [0.1, 0.15) is 11.7 Å². The molecule has 0 aliphatic rings. The molecule has 106 valence electrons. The maximum absolute atomic E-state index is 12.8. The van der Waals surface area contributed by atoms with Crippen molar-refractivity contribution in [2.24, 2.45) is 0 Å². The van der Waals surface area contributed by atoms with Crippen LogP contribution in [-0.4, -0.2) is 23.9 Å². The van der Waals surface area contributed by atoms with Crippen LogP contribution in [0, 0.1) is 5.82 Å². The molecule has 2 aromatic rings. The number of halogens is 1. The first kappa shape index (κ1) is 15.0. The van der Waals surface area contributed by atoms with E-state index >= 15 is 0 Å². The van der Waals surface area contributed by atoms with E-state index in [9.17, 15) is 9.50 Å². The Morgan fingerprint density at radius 3 is 2.45 bits per heavy atom. The molecule has 0 fully saturated rings. The van der Waals surface area contributed by atoms with Gasteiger partial charge in [-0.2, -0.15) is 0 Å². The summed E-state index contributed by atoms with van der Waals surface area (Å²) in [7, 11) is 0. The molecular formula is C16H18FNOS. The summed E-state index contributed by atoms with van der Waals surface area (Å²) in [6.45, 7) is 1.29. The Bertz CT molecular complexity index is 504. The number of benzene rings is 2. The van der Waals surface area contributed by atoms with Crippen LogP contribution in [-0.2, 0) is 0 Å². The number of hydrogen-bond donors (Lipinski definition) is 2. The molecule has 0 amide bonds. The third-order valence-electron chi connectivity index (χ3n) is 2.88. The van der Waals surface area contributed by atoms with E-state index in [0.29, 0.717) is 6.54 Å². The lowest BCUT2D eigenvalue weighted by Crippen LogP contribution is -2.23. The van der Waals surface area contributed by atoms with Crippen molar-refractivity contribution in [3.8, 4) is 0 Å². The van der Waals surface area contributed by atoms with Crippen molar-refractivity contribution in [3.63, 3.8) is 0 Å². The molecule has 20 heavy (non-hydrogen) atoms. The molecule has 2 aromatic carbocycles. The van der Waals surface area contributed by atoms with E-state index in [1.807, 2.05) is 18.2 Å². The fraction of sp³-hybridized carbons (Fsp3) is 0.250. The summed E-state index contributed by atoms with van der Waals surface area (Å²) >= 11 is 1.78. The number of thioether (sulfide) groups is 1. The summed E-state index contributed by atoms with van der Waals surface area (Å²) < 4.78 is 12.8. The zero-order valence-corrected chi connectivity index (χ0v) is 11.9. The summed E-state index contributed by atoms with van der Waals surface area (Å²) in [6.07, 6.45) is -0.600. The smallest absolute Gasteiger partial charge is 0.123 e. The maximum Gasteiger partial charge on any atom is 0.123 e. The Morgan fingerprint density at radius 2 is 1.75 bits per heavy atom. The average Bonchev–Trinajstić information content (AvgIpc) is 2.48. The first-order chi connectivity index (χ1) is 9.75. The Hall–Kier alpha value is -1.36. The molecule has 0 bridgehead atoms. The molecule has 0 aromatic heterocycles. The van der Waals surface area contributed by atoms with Crippen LogP contribution in [0.5, 0.6) is 0 Å². The second-order valence-electron chi connectivity index (χ2n) is 4.43. The van der Waals surface area contributed by atoms with Crippen LogP contribution in [0.4, 0.5) is 4.39 Å². The van der Waals surface area contributed by atoms with E-state index in [1.54, 1.807) is 23.9 Å². The van der Waals surface area contributed by atoms with E-state index in [-0.39, 0.29) is 5.82 Å². The van der Waals surface area contributed by atoms with E-state index in [1.165, 1.54) is 17.0 Å². The van der Waals surface area contributed by atoms with Gasteiger partial charge in [-0.05, 0) is 29.8 Å². The molecule has 2 nitrogen and oxygen atoms in total. The summed E-state index contributed by atoms with van der Waals surface area (Å²) in [5.74, 6) is 0.660. The van der Waals surface area contributed by atoms with E-state index < -0.39 is 6.10 Å². The lowest BCUT2D eigenvalue weighted by molar-refractivity contribution is 0.175. The van der Waals surface area contributed by atoms with Gasteiger partial charge in [0.05, 0.1) is 6.10 Å². The molecule has 4 heteroatoms. The lowest BCUT2D eigenvalue weighted by atomic mass is 10.1. The van der Waals surface area contributed by atoms with Crippen LogP contribution in [0.25, 0.3) is 0 Å². The quantitative estimate of drug-likeness (QED) is 0.607. The van der Waals surface area contributed by atoms with Crippen LogP contribution in [0.2, 0.25) is 0 Å². The predicted molar refractivity (Wildman–Crippen MR) is 81.4 cm³/mol. The molecule has 2 N–H and O–H groups in total. The van der Waals surface area contributed by atoms with Crippen molar-refractivity contribution in [3.05, 3.63) is 66.0 Å². The molecule has 1 atom stereocenters. The molecule has 0 saturated heterocycles. The SMILES string of the molecule is OC(CNCCSc1ccccc1)c1ccc(F)cc1. The largest absolute Gasteiger partial charge is 0.387 e. The van der Waals surface area contributed by atoms with Crippen molar-refractivity contribution in [1.82, 2.24) is 5.32 Å². The van der Waals surface area contributed by atoms with Gasteiger partial charge >= 0.3 is 0 Å². The van der Waals surface area contributed by atoms with Crippen molar-refractivity contribution in [2.45, 2.75) is 11.0 Å². The highest BCUT2D eigenvalue weighted by atomic mass is 32.2. The monoisotopic (exact) mass is 291 g/mol. The van der Waals surface area contributed by atoms with Crippen LogP contribution >= 0.6 is 11.8 Å². The fourth-order valence-corrected chi connectivity index (χ4v) is 2.63. The topological polar surface area (TPSA) is 32.3 Å². The van der Waals surface area contributed by atoms with Gasteiger partial charge in [0.15, 0.2) is 0 Å². The Morgan fingerprint density at radius 1 is 1.05 bits per heavy atom. The highest BCUT2D eigenvalue weighted by molar-refractivity contribution is 7.99. The van der Waals surface area contributed by atoms with Crippen LogP contribution in [0.3, 0.4) is 0 Å². The minimum Gasteiger partial charge on any atom is -0.387 e. The van der Waals surface area contributed by atoms with Gasteiger partial charge in [0.1, 0.15) is 5.82 Å². The van der Waals surface area contributed by atoms with Crippen molar-refractivity contribution in [2.75, 3.05) is 18.8 Å². The Labute approximate surface area is 123 Å². The summed E-state index contributed by atoms with van der Waals surface area (Å²) in [4.78, 5) is 1.24. The molecular weight excluding hydrogens is 273 g/mol. The summed E-state index contributed by atoms with van der Waals surface area (Å²) in [6, 6.07) is 16.2. The van der Waals surface area contributed by atoms with E-state index in [2.05, 4.69) is 17.4 Å². The number of aliphatic hydroxyl groups is 1. The number of rotatable bonds is 7. The van der Waals surface area contributed by atoms with Crippen LogP contribution < -0.4 is 5.32 Å². The minimum atomic E-state index is -0.600. The molecule has 0 aliphatic carbocycles. The van der Waals surface area contributed by atoms with Crippen molar-refractivity contribution >= 4 is 11.8 Å². The molecule has 0 saturated carbocycles. The van der Waals surface area contributed by atoms with Gasteiger partial charge in [-0.25, -0.2) is 4.39 Å². The molecule has 0 radical (unpaired) electrons. The maximum atomic E-state index is 12.8. The number of nitrogens with one attached hydrogen (secondary N) is 1. The van der Waals surface area contributed by atoms with Gasteiger partial charge < -0.3 is 10.4 Å². The van der Waals surface area contributed by atoms with Crippen molar-refractivity contribution < 1.29 is 9.50 Å². The highest BCUT2D eigenvalue weighted by Gasteiger charge is 2.06. The molecule has 2 rings (SSSR count). The number of hydrogen-bond acceptors (Lipinski definition) is 3. The van der Waals surface area contributed by atoms with E-state index in [0.717, 1.165) is 17.9 Å². The normalized spacial score (nSPS) is 12.3. The Balaban J connectivity index is 1.64. The molecule has 0 spiro atoms. The van der Waals surface area contributed by atoms with Crippen LogP contribution in [0.15, 0.2) is 59.5 Å². The summed E-state index contributed by atoms with van der Waals surface area (Å²) in [5, 5.41) is 13.1. The lowest BCUT2D eigenvalue weighted by Gasteiger charge is -2.12. The summed E-state index contributed by atoms with van der Waals surface area (Å²) in [5.41, 5.74) is 0.731. The second-order valence-corrected chi connectivity index (χ2v) is 5.60. The van der Waals surface area contributed by atoms with Gasteiger partial charge in [0.25, 0.3) is 0 Å². The zero-order valence-electron chi connectivity index (χ0n) is 11.1. The predicted octanol–water partition coefficient (Wildman–Crippen LogP) is 3.24. The first-order valence-corrected chi connectivity index (χ1v) is 7.56. The van der Waals surface area contributed by atoms with Gasteiger partial charge in [0, 0.05) is 23.7 Å².